The molecule has 0 bridgehead atoms. The third-order valence-electron chi connectivity index (χ3n) is 2.58. The number of aromatic nitrogens is 3. The van der Waals surface area contributed by atoms with Gasteiger partial charge in [0.25, 0.3) is 0 Å². The fourth-order valence-electron chi connectivity index (χ4n) is 1.72. The summed E-state index contributed by atoms with van der Waals surface area (Å²) in [4.78, 5) is 18.7. The zero-order valence-electron chi connectivity index (χ0n) is 10.3. The van der Waals surface area contributed by atoms with E-state index in [9.17, 15) is 14.3 Å². The molecule has 0 saturated heterocycles. The Labute approximate surface area is 118 Å². The van der Waals surface area contributed by atoms with E-state index in [0.717, 1.165) is 0 Å². The molecular formula is C11H12ClFN4O3. The topological polar surface area (TPSA) is 100 Å². The molecule has 20 heavy (non-hydrogen) atoms. The molecule has 0 aliphatic carbocycles. The summed E-state index contributed by atoms with van der Waals surface area (Å²) in [5, 5.41) is 21.2. The highest BCUT2D eigenvalue weighted by Gasteiger charge is 2.13. The molecule has 2 aromatic heterocycles. The normalized spacial score (nSPS) is 12.6. The first-order chi connectivity index (χ1) is 9.51. The third-order valence-corrected chi connectivity index (χ3v) is 2.75. The van der Waals surface area contributed by atoms with Crippen LogP contribution in [0, 0.1) is 0 Å². The number of carboxylic acids is 1. The largest absolute Gasteiger partial charge is 0.480 e. The molecule has 0 aliphatic heterocycles. The number of nitrogens with one attached hydrogen (secondary N) is 1. The van der Waals surface area contributed by atoms with Crippen molar-refractivity contribution in [3.05, 3.63) is 17.5 Å². The zero-order chi connectivity index (χ0) is 14.7. The number of halogens is 2. The second-order valence-electron chi connectivity index (χ2n) is 4.10. The number of fused-ring (bicyclic) bond motifs is 1. The van der Waals surface area contributed by atoms with E-state index in [4.69, 9.17) is 16.7 Å². The number of carboxylic acid groups (broad SMARTS) is 1. The summed E-state index contributed by atoms with van der Waals surface area (Å²) in [6.45, 7) is -1.18. The third kappa shape index (κ3) is 3.14. The van der Waals surface area contributed by atoms with Gasteiger partial charge in [-0.3, -0.25) is 4.79 Å². The Hall–Kier alpha value is -1.93. The van der Waals surface area contributed by atoms with Gasteiger partial charge in [-0.2, -0.15) is 4.98 Å². The predicted molar refractivity (Wildman–Crippen MR) is 70.6 cm³/mol. The molecule has 0 spiro atoms. The molecular weight excluding hydrogens is 291 g/mol. The van der Waals surface area contributed by atoms with Crippen LogP contribution in [0.3, 0.4) is 0 Å². The number of hydrogen-bond acceptors (Lipinski definition) is 5. The van der Waals surface area contributed by atoms with Crippen molar-refractivity contribution in [3.63, 3.8) is 0 Å². The molecule has 0 saturated carbocycles. The van der Waals surface area contributed by atoms with E-state index in [-0.39, 0.29) is 18.4 Å². The van der Waals surface area contributed by atoms with E-state index in [1.165, 1.54) is 4.57 Å². The van der Waals surface area contributed by atoms with Crippen molar-refractivity contribution in [2.45, 2.75) is 12.6 Å². The van der Waals surface area contributed by atoms with Crippen LogP contribution in [0.15, 0.2) is 12.3 Å². The number of aliphatic hydroxyl groups excluding tert-OH is 1. The van der Waals surface area contributed by atoms with E-state index < -0.39 is 18.7 Å². The van der Waals surface area contributed by atoms with E-state index in [1.807, 2.05) is 0 Å². The second kappa shape index (κ2) is 6.02. The highest BCUT2D eigenvalue weighted by molar-refractivity contribution is 6.28. The Morgan fingerprint density at radius 3 is 2.95 bits per heavy atom. The van der Waals surface area contributed by atoms with Crippen LogP contribution in [-0.4, -0.2) is 50.0 Å². The maximum atomic E-state index is 12.2. The quantitative estimate of drug-likeness (QED) is 0.686. The van der Waals surface area contributed by atoms with Crippen LogP contribution < -0.4 is 5.32 Å². The number of nitrogens with zero attached hydrogens (tertiary/aromatic N) is 3. The average Bonchev–Trinajstić information content (AvgIpc) is 2.78. The van der Waals surface area contributed by atoms with Gasteiger partial charge in [-0.25, -0.2) is 9.37 Å². The van der Waals surface area contributed by atoms with Gasteiger partial charge in [0.05, 0.1) is 11.5 Å². The molecule has 0 radical (unpaired) electrons. The van der Waals surface area contributed by atoms with Crippen LogP contribution in [0.2, 0.25) is 5.28 Å². The van der Waals surface area contributed by atoms with Crippen LogP contribution >= 0.6 is 11.6 Å². The highest BCUT2D eigenvalue weighted by atomic mass is 35.5. The second-order valence-corrected chi connectivity index (χ2v) is 4.44. The minimum Gasteiger partial charge on any atom is -0.480 e. The molecule has 0 aliphatic rings. The van der Waals surface area contributed by atoms with E-state index in [2.05, 4.69) is 15.3 Å². The fourth-order valence-corrected chi connectivity index (χ4v) is 1.88. The lowest BCUT2D eigenvalue weighted by Gasteiger charge is -2.10. The molecule has 2 rings (SSSR count). The average molecular weight is 303 g/mol. The molecule has 0 fully saturated rings. The molecule has 7 nitrogen and oxygen atoms in total. The van der Waals surface area contributed by atoms with Crippen LogP contribution in [0.1, 0.15) is 0 Å². The van der Waals surface area contributed by atoms with Crippen molar-refractivity contribution < 1.29 is 19.4 Å². The first-order valence-electron chi connectivity index (χ1n) is 5.73. The molecule has 9 heteroatoms. The zero-order valence-corrected chi connectivity index (χ0v) is 11.0. The van der Waals surface area contributed by atoms with Crippen molar-refractivity contribution in [3.8, 4) is 0 Å². The van der Waals surface area contributed by atoms with E-state index >= 15 is 0 Å². The van der Waals surface area contributed by atoms with Crippen molar-refractivity contribution in [2.75, 3.05) is 18.5 Å². The smallest absolute Gasteiger partial charge is 0.323 e. The van der Waals surface area contributed by atoms with Gasteiger partial charge in [-0.05, 0) is 17.7 Å². The lowest BCUT2D eigenvalue weighted by atomic mass is 10.3. The molecule has 0 amide bonds. The Morgan fingerprint density at radius 1 is 1.55 bits per heavy atom. The Bertz CT molecular complexity index is 633. The van der Waals surface area contributed by atoms with E-state index in [0.29, 0.717) is 16.9 Å². The Morgan fingerprint density at radius 2 is 2.30 bits per heavy atom. The fraction of sp³-hybridized carbons (Fsp3) is 0.364. The van der Waals surface area contributed by atoms with Gasteiger partial charge >= 0.3 is 5.97 Å². The number of aliphatic hydroxyl groups is 1. The molecule has 1 unspecified atom stereocenters. The summed E-state index contributed by atoms with van der Waals surface area (Å²) in [7, 11) is 0. The summed E-state index contributed by atoms with van der Waals surface area (Å²) in [5.74, 6) is -0.698. The maximum absolute atomic E-state index is 12.2. The van der Waals surface area contributed by atoms with Crippen LogP contribution in [0.4, 0.5) is 10.2 Å². The van der Waals surface area contributed by atoms with Gasteiger partial charge in [0.1, 0.15) is 24.7 Å². The molecule has 3 N–H and O–H groups in total. The number of carbonyl (C=O) groups is 1. The highest BCUT2D eigenvalue weighted by Crippen LogP contribution is 2.23. The lowest BCUT2D eigenvalue weighted by Crippen LogP contribution is -2.21. The standard InChI is InChI=1S/C11H12ClFN4O3/c12-11-15-9(14-4-6(18)3-13)7-1-2-17(5-8(19)20)10(7)16-11/h1-2,6,18H,3-5H2,(H,19,20)(H,14,15,16). The van der Waals surface area contributed by atoms with Gasteiger partial charge in [-0.15, -0.1) is 0 Å². The van der Waals surface area contributed by atoms with Gasteiger partial charge in [0.2, 0.25) is 5.28 Å². The van der Waals surface area contributed by atoms with Gasteiger partial charge < -0.3 is 20.1 Å². The van der Waals surface area contributed by atoms with Gasteiger partial charge in [0, 0.05) is 12.7 Å². The molecule has 0 aromatic carbocycles. The summed E-state index contributed by atoms with van der Waals surface area (Å²) in [5.41, 5.74) is 0.352. The summed E-state index contributed by atoms with van der Waals surface area (Å²) in [6.07, 6.45) is 0.389. The Balaban J connectivity index is 2.35. The molecule has 2 heterocycles. The molecule has 2 aromatic rings. The summed E-state index contributed by atoms with van der Waals surface area (Å²) < 4.78 is 13.6. The van der Waals surface area contributed by atoms with Crippen LogP contribution in [0.5, 0.6) is 0 Å². The SMILES string of the molecule is O=C(O)Cn1ccc2c(NCC(O)CF)nc(Cl)nc21. The molecule has 1 atom stereocenters. The van der Waals surface area contributed by atoms with Crippen molar-refractivity contribution in [1.82, 2.24) is 14.5 Å². The van der Waals surface area contributed by atoms with Crippen molar-refractivity contribution >= 4 is 34.4 Å². The van der Waals surface area contributed by atoms with Gasteiger partial charge in [-0.1, -0.05) is 0 Å². The summed E-state index contributed by atoms with van der Waals surface area (Å²) >= 11 is 5.78. The van der Waals surface area contributed by atoms with Crippen LogP contribution in [0.25, 0.3) is 11.0 Å². The molecule has 108 valence electrons. The minimum atomic E-state index is -1.15. The monoisotopic (exact) mass is 302 g/mol. The minimum absolute atomic E-state index is 0.0386. The predicted octanol–water partition coefficient (Wildman–Crippen LogP) is 0.912. The number of rotatable bonds is 6. The lowest BCUT2D eigenvalue weighted by molar-refractivity contribution is -0.137. The number of hydrogen-bond donors (Lipinski definition) is 3. The van der Waals surface area contributed by atoms with Crippen LogP contribution in [-0.2, 0) is 11.3 Å². The van der Waals surface area contributed by atoms with Crippen molar-refractivity contribution in [1.29, 1.82) is 0 Å². The Kier molecular flexibility index (Phi) is 4.35. The number of anilines is 1. The number of aliphatic carboxylic acids is 1. The maximum Gasteiger partial charge on any atom is 0.323 e. The van der Waals surface area contributed by atoms with Crippen molar-refractivity contribution in [2.24, 2.45) is 0 Å². The van der Waals surface area contributed by atoms with Gasteiger partial charge in [0.15, 0.2) is 0 Å². The number of alkyl halides is 1. The first kappa shape index (κ1) is 14.5. The summed E-state index contributed by atoms with van der Waals surface area (Å²) in [6, 6.07) is 1.62. The van der Waals surface area contributed by atoms with E-state index in [1.54, 1.807) is 12.3 Å². The first-order valence-corrected chi connectivity index (χ1v) is 6.11.